The van der Waals surface area contributed by atoms with Crippen LogP contribution in [0.5, 0.6) is 0 Å². The predicted octanol–water partition coefficient (Wildman–Crippen LogP) is 3.92. The molecule has 0 fully saturated rings. The van der Waals surface area contributed by atoms with Crippen molar-refractivity contribution < 1.29 is 19.2 Å². The molecule has 0 spiro atoms. The second kappa shape index (κ2) is 8.96. The fourth-order valence-corrected chi connectivity index (χ4v) is 2.48. The number of hydrogen-bond acceptors (Lipinski definition) is 5. The van der Waals surface area contributed by atoms with E-state index < -0.39 is 23.4 Å². The van der Waals surface area contributed by atoms with Gasteiger partial charge >= 0.3 is 5.97 Å². The minimum atomic E-state index is -0.590. The first-order chi connectivity index (χ1) is 12.4. The van der Waals surface area contributed by atoms with Crippen molar-refractivity contribution in [1.29, 1.82) is 0 Å². The maximum absolute atomic E-state index is 11.9. The lowest BCUT2D eigenvalue weighted by Gasteiger charge is -2.12. The zero-order valence-corrected chi connectivity index (χ0v) is 14.7. The SMILES string of the molecule is C[C@@H](CC(=O)OCC(=O)Nc1ccc([N+](=O)[O-])cc1Cl)c1ccccc1. The molecule has 1 N–H and O–H groups in total. The van der Waals surface area contributed by atoms with Gasteiger partial charge in [-0.3, -0.25) is 19.7 Å². The summed E-state index contributed by atoms with van der Waals surface area (Å²) in [6, 6.07) is 13.2. The number of anilines is 1. The van der Waals surface area contributed by atoms with Gasteiger partial charge in [-0.15, -0.1) is 0 Å². The molecule has 136 valence electrons. The molecule has 0 aliphatic carbocycles. The van der Waals surface area contributed by atoms with Gasteiger partial charge in [-0.2, -0.15) is 0 Å². The van der Waals surface area contributed by atoms with Crippen molar-refractivity contribution in [3.05, 3.63) is 69.2 Å². The fourth-order valence-electron chi connectivity index (χ4n) is 2.26. The van der Waals surface area contributed by atoms with Crippen LogP contribution < -0.4 is 5.32 Å². The van der Waals surface area contributed by atoms with E-state index in [4.69, 9.17) is 16.3 Å². The van der Waals surface area contributed by atoms with Crippen molar-refractivity contribution in [1.82, 2.24) is 0 Å². The van der Waals surface area contributed by atoms with E-state index in [0.29, 0.717) is 0 Å². The van der Waals surface area contributed by atoms with Gasteiger partial charge in [0.15, 0.2) is 6.61 Å². The third kappa shape index (κ3) is 5.56. The molecular formula is C18H17ClN2O5. The molecule has 7 nitrogen and oxygen atoms in total. The molecule has 0 saturated carbocycles. The average Bonchev–Trinajstić information content (AvgIpc) is 2.62. The number of amides is 1. The maximum atomic E-state index is 11.9. The first-order valence-corrected chi connectivity index (χ1v) is 8.19. The Morgan fingerprint density at radius 1 is 1.23 bits per heavy atom. The fraction of sp³-hybridized carbons (Fsp3) is 0.222. The third-order valence-corrected chi connectivity index (χ3v) is 3.96. The van der Waals surface area contributed by atoms with Gasteiger partial charge in [-0.05, 0) is 17.5 Å². The Kier molecular flexibility index (Phi) is 6.68. The normalized spacial score (nSPS) is 11.5. The van der Waals surface area contributed by atoms with Crippen LogP contribution in [0.1, 0.15) is 24.8 Å². The molecular weight excluding hydrogens is 360 g/mol. The molecule has 0 radical (unpaired) electrons. The van der Waals surface area contributed by atoms with Crippen LogP contribution in [0.4, 0.5) is 11.4 Å². The predicted molar refractivity (Wildman–Crippen MR) is 97.2 cm³/mol. The van der Waals surface area contributed by atoms with Gasteiger partial charge in [0.2, 0.25) is 0 Å². The van der Waals surface area contributed by atoms with Crippen LogP contribution in [-0.2, 0) is 14.3 Å². The van der Waals surface area contributed by atoms with Crippen LogP contribution in [0.3, 0.4) is 0 Å². The molecule has 0 aromatic heterocycles. The first kappa shape index (κ1) is 19.4. The summed E-state index contributed by atoms with van der Waals surface area (Å²) in [6.45, 7) is 1.43. The van der Waals surface area contributed by atoms with Crippen molar-refractivity contribution in [2.75, 3.05) is 11.9 Å². The molecule has 26 heavy (non-hydrogen) atoms. The summed E-state index contributed by atoms with van der Waals surface area (Å²) in [5, 5.41) is 13.1. The number of carbonyl (C=O) groups is 2. The number of hydrogen-bond donors (Lipinski definition) is 1. The molecule has 2 aromatic carbocycles. The summed E-state index contributed by atoms with van der Waals surface area (Å²) < 4.78 is 4.97. The molecule has 1 amide bonds. The smallest absolute Gasteiger partial charge is 0.306 e. The van der Waals surface area contributed by atoms with Crippen LogP contribution in [0.15, 0.2) is 48.5 Å². The molecule has 0 aliphatic rings. The molecule has 2 aromatic rings. The summed E-state index contributed by atoms with van der Waals surface area (Å²) in [5.74, 6) is -1.11. The summed E-state index contributed by atoms with van der Waals surface area (Å²) in [4.78, 5) is 33.8. The molecule has 0 saturated heterocycles. The van der Waals surface area contributed by atoms with Crippen LogP contribution in [0.25, 0.3) is 0 Å². The molecule has 0 unspecified atom stereocenters. The van der Waals surface area contributed by atoms with Crippen LogP contribution in [0, 0.1) is 10.1 Å². The number of carbonyl (C=O) groups excluding carboxylic acids is 2. The highest BCUT2D eigenvalue weighted by Gasteiger charge is 2.15. The summed E-state index contributed by atoms with van der Waals surface area (Å²) in [6.07, 6.45) is 0.148. The lowest BCUT2D eigenvalue weighted by Crippen LogP contribution is -2.21. The first-order valence-electron chi connectivity index (χ1n) is 7.81. The number of esters is 1. The summed E-state index contributed by atoms with van der Waals surface area (Å²) in [7, 11) is 0. The van der Waals surface area contributed by atoms with Gasteiger partial charge in [-0.1, -0.05) is 48.9 Å². The topological polar surface area (TPSA) is 98.5 Å². The van der Waals surface area contributed by atoms with Crippen molar-refractivity contribution >= 4 is 34.9 Å². The number of nitrogens with zero attached hydrogens (tertiary/aromatic N) is 1. The Hall–Kier alpha value is -2.93. The standard InChI is InChI=1S/C18H17ClN2O5/c1-12(13-5-3-2-4-6-13)9-18(23)26-11-17(22)20-16-8-7-14(21(24)25)10-15(16)19/h2-8,10,12H,9,11H2,1H3,(H,20,22)/t12-/m0/s1. The Morgan fingerprint density at radius 2 is 1.92 bits per heavy atom. The van der Waals surface area contributed by atoms with E-state index in [0.717, 1.165) is 11.6 Å². The second-order valence-corrected chi connectivity index (χ2v) is 6.05. The minimum Gasteiger partial charge on any atom is -0.456 e. The lowest BCUT2D eigenvalue weighted by molar-refractivity contribution is -0.384. The molecule has 8 heteroatoms. The quantitative estimate of drug-likeness (QED) is 0.448. The molecule has 1 atom stereocenters. The van der Waals surface area contributed by atoms with Crippen LogP contribution in [0.2, 0.25) is 5.02 Å². The highest BCUT2D eigenvalue weighted by molar-refractivity contribution is 6.34. The Morgan fingerprint density at radius 3 is 2.54 bits per heavy atom. The highest BCUT2D eigenvalue weighted by Crippen LogP contribution is 2.26. The van der Waals surface area contributed by atoms with Gasteiger partial charge in [0.05, 0.1) is 22.1 Å². The Bertz CT molecular complexity index is 810. The van der Waals surface area contributed by atoms with Gasteiger partial charge in [0, 0.05) is 12.1 Å². The van der Waals surface area contributed by atoms with E-state index in [1.54, 1.807) is 0 Å². The van der Waals surface area contributed by atoms with Crippen LogP contribution >= 0.6 is 11.6 Å². The van der Waals surface area contributed by atoms with E-state index >= 15 is 0 Å². The number of non-ortho nitro benzene ring substituents is 1. The van der Waals surface area contributed by atoms with E-state index in [1.807, 2.05) is 37.3 Å². The van der Waals surface area contributed by atoms with Gasteiger partial charge in [0.25, 0.3) is 11.6 Å². The zero-order valence-electron chi connectivity index (χ0n) is 14.0. The number of benzene rings is 2. The number of nitro groups is 1. The lowest BCUT2D eigenvalue weighted by atomic mass is 9.98. The highest BCUT2D eigenvalue weighted by atomic mass is 35.5. The summed E-state index contributed by atoms with van der Waals surface area (Å²) in [5.41, 5.74) is 1.02. The Balaban J connectivity index is 1.83. The van der Waals surface area contributed by atoms with Crippen molar-refractivity contribution in [2.45, 2.75) is 19.3 Å². The van der Waals surface area contributed by atoms with Crippen LogP contribution in [-0.4, -0.2) is 23.4 Å². The molecule has 0 heterocycles. The van der Waals surface area contributed by atoms with Gasteiger partial charge in [-0.25, -0.2) is 0 Å². The van der Waals surface area contributed by atoms with Crippen molar-refractivity contribution in [3.8, 4) is 0 Å². The largest absolute Gasteiger partial charge is 0.456 e. The second-order valence-electron chi connectivity index (χ2n) is 5.65. The van der Waals surface area contributed by atoms with Gasteiger partial charge in [0.1, 0.15) is 0 Å². The average molecular weight is 377 g/mol. The summed E-state index contributed by atoms with van der Waals surface area (Å²) >= 11 is 5.89. The monoisotopic (exact) mass is 376 g/mol. The van der Waals surface area contributed by atoms with Crippen molar-refractivity contribution in [3.63, 3.8) is 0 Å². The van der Waals surface area contributed by atoms with E-state index in [9.17, 15) is 19.7 Å². The number of nitro benzene ring substituents is 1. The van der Waals surface area contributed by atoms with E-state index in [1.165, 1.54) is 12.1 Å². The molecule has 2 rings (SSSR count). The third-order valence-electron chi connectivity index (χ3n) is 3.64. The van der Waals surface area contributed by atoms with Crippen molar-refractivity contribution in [2.24, 2.45) is 0 Å². The molecule has 0 aliphatic heterocycles. The number of halogens is 1. The molecule has 0 bridgehead atoms. The van der Waals surface area contributed by atoms with E-state index in [2.05, 4.69) is 5.32 Å². The van der Waals surface area contributed by atoms with E-state index in [-0.39, 0.29) is 28.7 Å². The Labute approximate surface area is 155 Å². The number of rotatable bonds is 7. The number of nitrogens with one attached hydrogen (secondary N) is 1. The zero-order chi connectivity index (χ0) is 19.1. The maximum Gasteiger partial charge on any atom is 0.306 e. The van der Waals surface area contributed by atoms with Gasteiger partial charge < -0.3 is 10.1 Å². The minimum absolute atomic E-state index is 0.0246. The number of ether oxygens (including phenoxy) is 1.